The Morgan fingerprint density at radius 2 is 2.21 bits per heavy atom. The van der Waals surface area contributed by atoms with Crippen molar-refractivity contribution in [2.75, 3.05) is 20.3 Å². The summed E-state index contributed by atoms with van der Waals surface area (Å²) in [6.07, 6.45) is 3.24. The Labute approximate surface area is 173 Å². The minimum absolute atomic E-state index is 0.131. The maximum absolute atomic E-state index is 13.2. The van der Waals surface area contributed by atoms with E-state index in [2.05, 4.69) is 4.99 Å². The third kappa shape index (κ3) is 3.76. The number of carbonyl (C=O) groups excluding carboxylic acids is 1. The molecule has 0 saturated heterocycles. The third-order valence-corrected chi connectivity index (χ3v) is 6.30. The van der Waals surface area contributed by atoms with Gasteiger partial charge in [0.2, 0.25) is 0 Å². The number of rotatable bonds is 6. The molecule has 0 aromatic carbocycles. The van der Waals surface area contributed by atoms with E-state index in [1.165, 1.54) is 29.8 Å². The Morgan fingerprint density at radius 1 is 1.34 bits per heavy atom. The number of thiophene rings is 1. The van der Waals surface area contributed by atoms with E-state index in [1.54, 1.807) is 36.0 Å². The van der Waals surface area contributed by atoms with E-state index in [-0.39, 0.29) is 12.2 Å². The molecular weight excluding hydrogens is 412 g/mol. The number of carbonyl (C=O) groups is 1. The summed E-state index contributed by atoms with van der Waals surface area (Å²) in [5.74, 6) is 0.0832. The average molecular weight is 431 g/mol. The Balaban J connectivity index is 1.86. The molecule has 1 aliphatic rings. The minimum atomic E-state index is -0.583. The third-order valence-electron chi connectivity index (χ3n) is 4.39. The van der Waals surface area contributed by atoms with Crippen LogP contribution < -0.4 is 14.9 Å². The van der Waals surface area contributed by atoms with Crippen molar-refractivity contribution in [1.82, 2.24) is 4.57 Å². The lowest BCUT2D eigenvalue weighted by Crippen LogP contribution is -2.39. The van der Waals surface area contributed by atoms with Crippen molar-refractivity contribution in [2.24, 2.45) is 4.99 Å². The summed E-state index contributed by atoms with van der Waals surface area (Å²) < 4.78 is 17.7. The van der Waals surface area contributed by atoms with Crippen molar-refractivity contribution in [3.8, 4) is 0 Å². The zero-order chi connectivity index (χ0) is 20.4. The predicted octanol–water partition coefficient (Wildman–Crippen LogP) is 2.08. The Morgan fingerprint density at radius 3 is 2.90 bits per heavy atom. The number of hydrogen-bond acceptors (Lipinski definition) is 8. The molecule has 0 unspecified atom stereocenters. The maximum Gasteiger partial charge on any atom is 0.338 e. The van der Waals surface area contributed by atoms with Crippen LogP contribution in [0, 0.1) is 0 Å². The van der Waals surface area contributed by atoms with Gasteiger partial charge < -0.3 is 13.9 Å². The van der Waals surface area contributed by atoms with E-state index in [1.807, 2.05) is 17.5 Å². The van der Waals surface area contributed by atoms with Gasteiger partial charge >= 0.3 is 5.97 Å². The van der Waals surface area contributed by atoms with Crippen molar-refractivity contribution in [2.45, 2.75) is 13.0 Å². The lowest BCUT2D eigenvalue weighted by molar-refractivity contribution is -0.140. The van der Waals surface area contributed by atoms with Crippen LogP contribution in [0.3, 0.4) is 0 Å². The van der Waals surface area contributed by atoms with Crippen LogP contribution in [0.4, 0.5) is 0 Å². The maximum atomic E-state index is 13.2. The molecule has 1 aliphatic heterocycles. The average Bonchev–Trinajstić information content (AvgIpc) is 3.44. The van der Waals surface area contributed by atoms with Crippen LogP contribution in [-0.2, 0) is 14.3 Å². The summed E-state index contributed by atoms with van der Waals surface area (Å²) in [6, 6.07) is 6.75. The highest BCUT2D eigenvalue weighted by Crippen LogP contribution is 2.33. The summed E-state index contributed by atoms with van der Waals surface area (Å²) in [6.45, 7) is 2.19. The first-order chi connectivity index (χ1) is 14.1. The van der Waals surface area contributed by atoms with Crippen molar-refractivity contribution < 1.29 is 18.7 Å². The van der Waals surface area contributed by atoms with Gasteiger partial charge in [-0.1, -0.05) is 17.4 Å². The summed E-state index contributed by atoms with van der Waals surface area (Å²) in [7, 11) is 1.54. The van der Waals surface area contributed by atoms with Crippen LogP contribution >= 0.6 is 22.7 Å². The first kappa shape index (κ1) is 19.6. The standard InChI is InChI=1S/C20H18N2O5S2/c1-12-16(19(24)27-9-8-25-2)17(14-6-4-10-28-14)22-18(23)15(29-20(22)21-12)11-13-5-3-7-26-13/h3-7,10-11,17H,8-9H2,1-2H3/t17-/m0/s1. The number of esters is 1. The molecule has 0 aliphatic carbocycles. The molecule has 0 amide bonds. The number of aromatic nitrogens is 1. The molecule has 0 spiro atoms. The highest BCUT2D eigenvalue weighted by Gasteiger charge is 2.34. The summed E-state index contributed by atoms with van der Waals surface area (Å²) in [5, 5.41) is 1.91. The minimum Gasteiger partial charge on any atom is -0.465 e. The molecule has 0 N–H and O–H groups in total. The molecule has 4 rings (SSSR count). The van der Waals surface area contributed by atoms with Crippen LogP contribution in [0.5, 0.6) is 0 Å². The summed E-state index contributed by atoms with van der Waals surface area (Å²) in [4.78, 5) is 32.0. The molecular formula is C20H18N2O5S2. The van der Waals surface area contributed by atoms with Gasteiger partial charge in [-0.2, -0.15) is 0 Å². The number of ether oxygens (including phenoxy) is 2. The number of hydrogen-bond donors (Lipinski definition) is 0. The molecule has 0 fully saturated rings. The molecule has 3 aromatic heterocycles. The second-order valence-electron chi connectivity index (χ2n) is 6.24. The number of fused-ring (bicyclic) bond motifs is 1. The fraction of sp³-hybridized carbons (Fsp3) is 0.250. The molecule has 0 radical (unpaired) electrons. The molecule has 29 heavy (non-hydrogen) atoms. The van der Waals surface area contributed by atoms with Crippen LogP contribution in [0.15, 0.2) is 61.4 Å². The van der Waals surface area contributed by atoms with Crippen LogP contribution in [-0.4, -0.2) is 30.9 Å². The normalized spacial score (nSPS) is 16.6. The molecule has 3 aromatic rings. The van der Waals surface area contributed by atoms with Crippen LogP contribution in [0.25, 0.3) is 6.08 Å². The molecule has 150 valence electrons. The highest BCUT2D eigenvalue weighted by atomic mass is 32.1. The monoisotopic (exact) mass is 430 g/mol. The number of allylic oxidation sites excluding steroid dienone is 1. The molecule has 7 nitrogen and oxygen atoms in total. The van der Waals surface area contributed by atoms with Crippen molar-refractivity contribution in [1.29, 1.82) is 0 Å². The smallest absolute Gasteiger partial charge is 0.338 e. The van der Waals surface area contributed by atoms with E-state index in [0.29, 0.717) is 33.0 Å². The Bertz CT molecular complexity index is 1220. The quantitative estimate of drug-likeness (QED) is 0.442. The topological polar surface area (TPSA) is 83.0 Å². The number of methoxy groups -OCH3 is 1. The van der Waals surface area contributed by atoms with Crippen molar-refractivity contribution in [3.05, 3.63) is 77.5 Å². The van der Waals surface area contributed by atoms with Gasteiger partial charge in [-0.15, -0.1) is 11.3 Å². The van der Waals surface area contributed by atoms with E-state index in [9.17, 15) is 9.59 Å². The van der Waals surface area contributed by atoms with Crippen molar-refractivity contribution >= 4 is 34.7 Å². The zero-order valence-electron chi connectivity index (χ0n) is 15.8. The molecule has 9 heteroatoms. The van der Waals surface area contributed by atoms with Gasteiger partial charge in [0, 0.05) is 18.1 Å². The number of thiazole rings is 1. The van der Waals surface area contributed by atoms with E-state index in [0.717, 1.165) is 4.88 Å². The van der Waals surface area contributed by atoms with Gasteiger partial charge in [0.05, 0.1) is 28.7 Å². The lowest BCUT2D eigenvalue weighted by atomic mass is 10.0. The number of furan rings is 1. The fourth-order valence-electron chi connectivity index (χ4n) is 3.10. The van der Waals surface area contributed by atoms with Gasteiger partial charge in [0.25, 0.3) is 5.56 Å². The largest absolute Gasteiger partial charge is 0.465 e. The van der Waals surface area contributed by atoms with Gasteiger partial charge in [-0.3, -0.25) is 9.36 Å². The second-order valence-corrected chi connectivity index (χ2v) is 8.23. The van der Waals surface area contributed by atoms with Gasteiger partial charge in [0.1, 0.15) is 18.4 Å². The Kier molecular flexibility index (Phi) is 5.61. The SMILES string of the molecule is COCCOC(=O)C1=C(C)N=c2sc(=Cc3ccco3)c(=O)n2[C@H]1c1cccs1. The zero-order valence-corrected chi connectivity index (χ0v) is 17.4. The van der Waals surface area contributed by atoms with Gasteiger partial charge in [0.15, 0.2) is 4.80 Å². The fourth-order valence-corrected chi connectivity index (χ4v) is 4.95. The first-order valence-corrected chi connectivity index (χ1v) is 10.6. The van der Waals surface area contributed by atoms with E-state index in [4.69, 9.17) is 13.9 Å². The van der Waals surface area contributed by atoms with Crippen LogP contribution in [0.1, 0.15) is 23.6 Å². The van der Waals surface area contributed by atoms with E-state index >= 15 is 0 Å². The van der Waals surface area contributed by atoms with Crippen LogP contribution in [0.2, 0.25) is 0 Å². The van der Waals surface area contributed by atoms with Crippen molar-refractivity contribution in [3.63, 3.8) is 0 Å². The summed E-state index contributed by atoms with van der Waals surface area (Å²) >= 11 is 2.74. The number of nitrogens with zero attached hydrogens (tertiary/aromatic N) is 2. The molecule has 0 bridgehead atoms. The molecule has 0 saturated carbocycles. The van der Waals surface area contributed by atoms with Gasteiger partial charge in [-0.05, 0) is 30.5 Å². The predicted molar refractivity (Wildman–Crippen MR) is 110 cm³/mol. The van der Waals surface area contributed by atoms with E-state index < -0.39 is 12.0 Å². The second kappa shape index (κ2) is 8.32. The lowest BCUT2D eigenvalue weighted by Gasteiger charge is -2.23. The first-order valence-electron chi connectivity index (χ1n) is 8.85. The molecule has 1 atom stereocenters. The summed E-state index contributed by atoms with van der Waals surface area (Å²) in [5.41, 5.74) is 0.676. The van der Waals surface area contributed by atoms with Gasteiger partial charge in [-0.25, -0.2) is 9.79 Å². The Hall–Kier alpha value is -2.75. The highest BCUT2D eigenvalue weighted by molar-refractivity contribution is 7.10. The molecule has 4 heterocycles.